The van der Waals surface area contributed by atoms with Gasteiger partial charge in [-0.15, -0.1) is 24.8 Å². The monoisotopic (exact) mass is 642 g/mol. The van der Waals surface area contributed by atoms with Gasteiger partial charge in [-0.25, -0.2) is 15.0 Å². The normalized spacial score (nSPS) is 17.9. The van der Waals surface area contributed by atoms with Gasteiger partial charge in [0.1, 0.15) is 0 Å². The zero-order valence-corrected chi connectivity index (χ0v) is 25.8. The van der Waals surface area contributed by atoms with Crippen LogP contribution >= 0.6 is 48.0 Å². The maximum Gasteiger partial charge on any atom is 0.303 e. The van der Waals surface area contributed by atoms with Crippen LogP contribution in [0.5, 0.6) is 11.6 Å². The molecule has 1 aromatic carbocycles. The van der Waals surface area contributed by atoms with Crippen LogP contribution in [0.1, 0.15) is 31.2 Å². The van der Waals surface area contributed by atoms with E-state index in [2.05, 4.69) is 32.1 Å². The summed E-state index contributed by atoms with van der Waals surface area (Å²) in [6.45, 7) is 4.39. The number of piperidine rings is 1. The number of rotatable bonds is 9. The van der Waals surface area contributed by atoms with Gasteiger partial charge in [0.15, 0.2) is 5.75 Å². The minimum absolute atomic E-state index is 0. The number of hydrogen-bond donors (Lipinski definition) is 2. The van der Waals surface area contributed by atoms with Crippen molar-refractivity contribution in [2.24, 2.45) is 5.92 Å². The Balaban J connectivity index is 0.00000231. The van der Waals surface area contributed by atoms with E-state index < -0.39 is 5.97 Å². The predicted octanol–water partition coefficient (Wildman–Crippen LogP) is 6.28. The molecule has 0 saturated carbocycles. The lowest BCUT2D eigenvalue weighted by Gasteiger charge is -2.31. The number of likely N-dealkylation sites (tertiary alicyclic amines) is 2. The molecular formula is C28H34Cl4N6O3. The topological polar surface area (TPSA) is 104 Å². The minimum Gasteiger partial charge on any atom is -0.481 e. The van der Waals surface area contributed by atoms with Gasteiger partial charge in [-0.2, -0.15) is 0 Å². The highest BCUT2D eigenvalue weighted by Crippen LogP contribution is 2.31. The molecule has 0 unspecified atom stereocenters. The molecule has 0 radical (unpaired) electrons. The number of nitrogens with zero attached hydrogens (tertiary/aromatic N) is 5. The van der Waals surface area contributed by atoms with E-state index in [-0.39, 0.29) is 37.2 Å². The number of carboxylic acids is 1. The molecule has 2 fully saturated rings. The molecule has 2 aromatic heterocycles. The maximum absolute atomic E-state index is 11.1. The Morgan fingerprint density at radius 1 is 1.02 bits per heavy atom. The smallest absolute Gasteiger partial charge is 0.303 e. The molecule has 222 valence electrons. The minimum atomic E-state index is -0.729. The zero-order chi connectivity index (χ0) is 27.4. The molecule has 13 heteroatoms. The summed E-state index contributed by atoms with van der Waals surface area (Å²) in [5.41, 5.74) is 2.50. The second-order valence-electron chi connectivity index (χ2n) is 10.4. The average molecular weight is 644 g/mol. The third-order valence-corrected chi connectivity index (χ3v) is 7.61. The highest BCUT2D eigenvalue weighted by atomic mass is 35.5. The van der Waals surface area contributed by atoms with Gasteiger partial charge in [-0.1, -0.05) is 23.2 Å². The van der Waals surface area contributed by atoms with E-state index in [1.165, 1.54) is 0 Å². The third-order valence-electron chi connectivity index (χ3n) is 7.17. The van der Waals surface area contributed by atoms with Crippen molar-refractivity contribution in [1.82, 2.24) is 24.8 Å². The lowest BCUT2D eigenvalue weighted by molar-refractivity contribution is -0.138. The van der Waals surface area contributed by atoms with E-state index in [1.54, 1.807) is 18.5 Å². The second kappa shape index (κ2) is 15.2. The summed E-state index contributed by atoms with van der Waals surface area (Å²) in [6.07, 6.45) is 6.31. The maximum atomic E-state index is 11.1. The number of likely N-dealkylation sites (N-methyl/N-ethyl adjacent to an activating group) is 1. The molecule has 3 aromatic rings. The van der Waals surface area contributed by atoms with E-state index in [1.807, 2.05) is 24.3 Å². The molecule has 5 rings (SSSR count). The summed E-state index contributed by atoms with van der Waals surface area (Å²) >= 11 is 12.6. The van der Waals surface area contributed by atoms with Crippen molar-refractivity contribution in [2.75, 3.05) is 38.5 Å². The van der Waals surface area contributed by atoms with E-state index in [0.29, 0.717) is 45.9 Å². The first-order valence-corrected chi connectivity index (χ1v) is 13.9. The lowest BCUT2D eigenvalue weighted by Crippen LogP contribution is -2.33. The van der Waals surface area contributed by atoms with Crippen LogP contribution in [-0.4, -0.2) is 75.1 Å². The Hall–Kier alpha value is -2.40. The number of carboxylic acid groups (broad SMARTS) is 1. The SMILES string of the molecule is CN1CC[C@@H](Nc2ncc(Oc3cc(CN4CCC(CC(=O)O)CC4)cc(-c4cc(Cl)cc(Cl)c4)n3)cn2)C1.Cl.Cl. The van der Waals surface area contributed by atoms with Crippen molar-refractivity contribution in [2.45, 2.75) is 38.3 Å². The zero-order valence-electron chi connectivity index (χ0n) is 22.6. The quantitative estimate of drug-likeness (QED) is 0.279. The number of carbonyl (C=O) groups is 1. The van der Waals surface area contributed by atoms with Crippen LogP contribution < -0.4 is 10.1 Å². The Morgan fingerprint density at radius 2 is 1.71 bits per heavy atom. The fourth-order valence-electron chi connectivity index (χ4n) is 5.21. The fourth-order valence-corrected chi connectivity index (χ4v) is 5.73. The Bertz CT molecular complexity index is 1290. The first-order valence-electron chi connectivity index (χ1n) is 13.2. The standard InChI is InChI=1S/C28H32Cl2N6O3.2ClH/c1-35-5-4-23(17-35)33-28-31-14-24(15-32-28)39-26-9-19(16-36-6-2-18(3-7-36)10-27(37)38)8-25(34-26)20-11-21(29)13-22(30)12-20;;/h8-9,11-15,18,23H,2-7,10,16-17H2,1H3,(H,37,38)(H,31,32,33);2*1H/t23-;;/m1../s1. The molecule has 0 spiro atoms. The van der Waals surface area contributed by atoms with Gasteiger partial charge < -0.3 is 20.1 Å². The number of benzene rings is 1. The molecule has 1 atom stereocenters. The summed E-state index contributed by atoms with van der Waals surface area (Å²) in [6, 6.07) is 9.60. The van der Waals surface area contributed by atoms with Crippen LogP contribution in [0.25, 0.3) is 11.3 Å². The number of aliphatic carboxylic acids is 1. The van der Waals surface area contributed by atoms with Crippen LogP contribution in [0, 0.1) is 5.92 Å². The van der Waals surface area contributed by atoms with E-state index in [9.17, 15) is 4.79 Å². The number of halogens is 4. The van der Waals surface area contributed by atoms with Gasteiger partial charge >= 0.3 is 5.97 Å². The van der Waals surface area contributed by atoms with Gasteiger partial charge in [-0.05, 0) is 81.7 Å². The molecule has 2 N–H and O–H groups in total. The van der Waals surface area contributed by atoms with Crippen LogP contribution in [0.3, 0.4) is 0 Å². The summed E-state index contributed by atoms with van der Waals surface area (Å²) < 4.78 is 6.11. The van der Waals surface area contributed by atoms with E-state index >= 15 is 0 Å². The highest BCUT2D eigenvalue weighted by molar-refractivity contribution is 6.35. The highest BCUT2D eigenvalue weighted by Gasteiger charge is 2.22. The molecule has 0 amide bonds. The Kier molecular flexibility index (Phi) is 12.3. The average Bonchev–Trinajstić information content (AvgIpc) is 3.30. The molecule has 2 saturated heterocycles. The molecule has 0 bridgehead atoms. The Labute approximate surface area is 262 Å². The summed E-state index contributed by atoms with van der Waals surface area (Å²) in [7, 11) is 2.10. The molecule has 41 heavy (non-hydrogen) atoms. The van der Waals surface area contributed by atoms with Gasteiger partial charge in [-0.3, -0.25) is 9.69 Å². The van der Waals surface area contributed by atoms with Gasteiger partial charge in [0, 0.05) is 47.2 Å². The predicted molar refractivity (Wildman–Crippen MR) is 166 cm³/mol. The molecule has 9 nitrogen and oxygen atoms in total. The third kappa shape index (κ3) is 9.56. The Morgan fingerprint density at radius 3 is 2.32 bits per heavy atom. The van der Waals surface area contributed by atoms with Gasteiger partial charge in [0.25, 0.3) is 0 Å². The van der Waals surface area contributed by atoms with Crippen LogP contribution in [0.4, 0.5) is 5.95 Å². The van der Waals surface area contributed by atoms with Crippen molar-refractivity contribution < 1.29 is 14.6 Å². The molecule has 0 aliphatic carbocycles. The fraction of sp³-hybridized carbons (Fsp3) is 0.429. The molecule has 2 aliphatic heterocycles. The summed E-state index contributed by atoms with van der Waals surface area (Å²) in [4.78, 5) is 29.3. The van der Waals surface area contributed by atoms with Crippen molar-refractivity contribution in [3.8, 4) is 22.9 Å². The van der Waals surface area contributed by atoms with Crippen molar-refractivity contribution in [3.63, 3.8) is 0 Å². The largest absolute Gasteiger partial charge is 0.481 e. The van der Waals surface area contributed by atoms with Crippen LogP contribution in [-0.2, 0) is 11.3 Å². The number of ether oxygens (including phenoxy) is 1. The van der Waals surface area contributed by atoms with Crippen molar-refractivity contribution >= 4 is 59.9 Å². The van der Waals surface area contributed by atoms with E-state index in [0.717, 1.165) is 56.6 Å². The van der Waals surface area contributed by atoms with E-state index in [4.69, 9.17) is 38.0 Å². The number of aromatic nitrogens is 3. The van der Waals surface area contributed by atoms with Gasteiger partial charge in [0.2, 0.25) is 11.8 Å². The van der Waals surface area contributed by atoms with Crippen LogP contribution in [0.15, 0.2) is 42.7 Å². The second-order valence-corrected chi connectivity index (χ2v) is 11.3. The number of pyridine rings is 1. The summed E-state index contributed by atoms with van der Waals surface area (Å²) in [5, 5.41) is 13.5. The van der Waals surface area contributed by atoms with Crippen molar-refractivity contribution in [3.05, 3.63) is 58.3 Å². The van der Waals surface area contributed by atoms with Gasteiger partial charge in [0.05, 0.1) is 18.1 Å². The first kappa shape index (κ1) is 33.1. The number of nitrogens with one attached hydrogen (secondary N) is 1. The number of anilines is 1. The first-order chi connectivity index (χ1) is 18.8. The number of hydrogen-bond acceptors (Lipinski definition) is 8. The molecule has 4 heterocycles. The molecule has 2 aliphatic rings. The van der Waals surface area contributed by atoms with Crippen LogP contribution in [0.2, 0.25) is 10.0 Å². The lowest BCUT2D eigenvalue weighted by atomic mass is 9.93. The van der Waals surface area contributed by atoms with Crippen molar-refractivity contribution in [1.29, 1.82) is 0 Å². The molecular weight excluding hydrogens is 610 g/mol. The summed E-state index contributed by atoms with van der Waals surface area (Å²) in [5.74, 6) is 0.976.